The third-order valence-corrected chi connectivity index (χ3v) is 3.46. The molecule has 0 unspecified atom stereocenters. The molecular formula is C12H13ClN6O2. The van der Waals surface area contributed by atoms with Gasteiger partial charge in [-0.2, -0.15) is 4.98 Å². The van der Waals surface area contributed by atoms with Crippen LogP contribution in [0.2, 0.25) is 5.02 Å². The van der Waals surface area contributed by atoms with Crippen LogP contribution in [0, 0.1) is 10.1 Å². The summed E-state index contributed by atoms with van der Waals surface area (Å²) in [6.07, 6.45) is 0. The van der Waals surface area contributed by atoms with Gasteiger partial charge in [0.25, 0.3) is 5.69 Å². The summed E-state index contributed by atoms with van der Waals surface area (Å²) in [5.74, 6) is 1.06. The van der Waals surface area contributed by atoms with Crippen molar-refractivity contribution in [2.75, 3.05) is 31.1 Å². The molecule has 0 saturated carbocycles. The molecule has 0 amide bonds. The smallest absolute Gasteiger partial charge is 0.271 e. The zero-order chi connectivity index (χ0) is 14.8. The van der Waals surface area contributed by atoms with Gasteiger partial charge in [-0.3, -0.25) is 15.2 Å². The van der Waals surface area contributed by atoms with Crippen molar-refractivity contribution in [3.05, 3.63) is 33.3 Å². The number of H-pyrrole nitrogens is 1. The van der Waals surface area contributed by atoms with E-state index in [1.807, 2.05) is 0 Å². The Bertz CT molecular complexity index is 668. The summed E-state index contributed by atoms with van der Waals surface area (Å²) in [5.41, 5.74) is 0.473. The highest BCUT2D eigenvalue weighted by atomic mass is 35.5. The van der Waals surface area contributed by atoms with Crippen molar-refractivity contribution in [3.8, 4) is 11.4 Å². The van der Waals surface area contributed by atoms with Crippen molar-refractivity contribution < 1.29 is 4.92 Å². The number of non-ortho nitro benzene ring substituents is 1. The Kier molecular flexibility index (Phi) is 3.72. The second kappa shape index (κ2) is 5.66. The second-order valence-corrected chi connectivity index (χ2v) is 5.11. The molecule has 2 N–H and O–H groups in total. The van der Waals surface area contributed by atoms with Gasteiger partial charge in [-0.25, -0.2) is 0 Å². The lowest BCUT2D eigenvalue weighted by Gasteiger charge is -2.25. The number of piperazine rings is 1. The van der Waals surface area contributed by atoms with E-state index in [0.29, 0.717) is 22.4 Å². The SMILES string of the molecule is O=[N+]([O-])c1cc(Cl)cc(-c2nc(N3CCNCC3)n[nH]2)c1. The molecule has 0 atom stereocenters. The lowest BCUT2D eigenvalue weighted by atomic mass is 10.2. The van der Waals surface area contributed by atoms with E-state index in [1.54, 1.807) is 6.07 Å². The molecule has 1 aromatic carbocycles. The monoisotopic (exact) mass is 308 g/mol. The minimum Gasteiger partial charge on any atom is -0.337 e. The lowest BCUT2D eigenvalue weighted by molar-refractivity contribution is -0.384. The van der Waals surface area contributed by atoms with Gasteiger partial charge in [0, 0.05) is 48.9 Å². The van der Waals surface area contributed by atoms with Crippen LogP contribution in [0.15, 0.2) is 18.2 Å². The number of rotatable bonds is 3. The number of hydrogen-bond acceptors (Lipinski definition) is 6. The average molecular weight is 309 g/mol. The molecular weight excluding hydrogens is 296 g/mol. The standard InChI is InChI=1S/C12H13ClN6O2/c13-9-5-8(6-10(7-9)19(20)21)11-15-12(17-16-11)18-3-1-14-2-4-18/h5-7,14H,1-4H2,(H,15,16,17). The molecule has 1 aliphatic rings. The fourth-order valence-corrected chi connectivity index (χ4v) is 2.43. The van der Waals surface area contributed by atoms with Gasteiger partial charge in [0.1, 0.15) is 0 Å². The minimum atomic E-state index is -0.483. The number of aromatic amines is 1. The summed E-state index contributed by atoms with van der Waals surface area (Å²) in [5, 5.41) is 21.4. The molecule has 8 nitrogen and oxygen atoms in total. The highest BCUT2D eigenvalue weighted by molar-refractivity contribution is 6.31. The fraction of sp³-hybridized carbons (Fsp3) is 0.333. The van der Waals surface area contributed by atoms with Gasteiger partial charge in [-0.1, -0.05) is 11.6 Å². The number of aromatic nitrogens is 3. The Labute approximate surface area is 125 Å². The molecule has 1 fully saturated rings. The van der Waals surface area contributed by atoms with Gasteiger partial charge >= 0.3 is 0 Å². The van der Waals surface area contributed by atoms with E-state index in [1.165, 1.54) is 12.1 Å². The molecule has 1 saturated heterocycles. The number of nitrogens with zero attached hydrogens (tertiary/aromatic N) is 4. The maximum absolute atomic E-state index is 10.9. The van der Waals surface area contributed by atoms with Gasteiger partial charge in [0.15, 0.2) is 5.82 Å². The maximum Gasteiger partial charge on any atom is 0.271 e. The van der Waals surface area contributed by atoms with Crippen LogP contribution in [0.3, 0.4) is 0 Å². The molecule has 2 heterocycles. The normalized spacial score (nSPS) is 15.2. The van der Waals surface area contributed by atoms with E-state index in [4.69, 9.17) is 11.6 Å². The average Bonchev–Trinajstić information content (AvgIpc) is 2.97. The van der Waals surface area contributed by atoms with Crippen LogP contribution in [0.25, 0.3) is 11.4 Å². The summed E-state index contributed by atoms with van der Waals surface area (Å²) in [6.45, 7) is 3.42. The summed E-state index contributed by atoms with van der Waals surface area (Å²) in [6, 6.07) is 4.35. The predicted molar refractivity (Wildman–Crippen MR) is 78.6 cm³/mol. The van der Waals surface area contributed by atoms with E-state index in [0.717, 1.165) is 26.2 Å². The van der Waals surface area contributed by atoms with Gasteiger partial charge in [0.2, 0.25) is 5.95 Å². The maximum atomic E-state index is 10.9. The third kappa shape index (κ3) is 2.96. The van der Waals surface area contributed by atoms with Crippen LogP contribution in [0.1, 0.15) is 0 Å². The largest absolute Gasteiger partial charge is 0.337 e. The molecule has 110 valence electrons. The van der Waals surface area contributed by atoms with Crippen LogP contribution in [0.4, 0.5) is 11.6 Å². The van der Waals surface area contributed by atoms with E-state index in [9.17, 15) is 10.1 Å². The van der Waals surface area contributed by atoms with Gasteiger partial charge in [0.05, 0.1) is 4.92 Å². The van der Waals surface area contributed by atoms with Crippen LogP contribution in [-0.2, 0) is 0 Å². The Morgan fingerprint density at radius 3 is 2.76 bits per heavy atom. The van der Waals surface area contributed by atoms with Gasteiger partial charge in [-0.05, 0) is 6.07 Å². The molecule has 9 heteroatoms. The second-order valence-electron chi connectivity index (χ2n) is 4.68. The highest BCUT2D eigenvalue weighted by Gasteiger charge is 2.17. The zero-order valence-corrected chi connectivity index (χ0v) is 11.8. The molecule has 2 aromatic rings. The number of nitrogens with one attached hydrogen (secondary N) is 2. The first-order valence-corrected chi connectivity index (χ1v) is 6.85. The highest BCUT2D eigenvalue weighted by Crippen LogP contribution is 2.27. The Balaban J connectivity index is 1.90. The number of hydrogen-bond donors (Lipinski definition) is 2. The van der Waals surface area contributed by atoms with E-state index in [2.05, 4.69) is 25.4 Å². The summed E-state index contributed by atoms with van der Waals surface area (Å²) in [4.78, 5) is 16.8. The van der Waals surface area contributed by atoms with Crippen molar-refractivity contribution in [1.29, 1.82) is 0 Å². The number of nitro benzene ring substituents is 1. The molecule has 1 aromatic heterocycles. The quantitative estimate of drug-likeness (QED) is 0.657. The Morgan fingerprint density at radius 1 is 1.29 bits per heavy atom. The van der Waals surface area contributed by atoms with Crippen LogP contribution in [-0.4, -0.2) is 46.3 Å². The molecule has 0 spiro atoms. The van der Waals surface area contributed by atoms with E-state index in [-0.39, 0.29) is 5.69 Å². The van der Waals surface area contributed by atoms with Gasteiger partial charge in [-0.15, -0.1) is 5.10 Å². The molecule has 1 aliphatic heterocycles. The predicted octanol–water partition coefficient (Wildman–Crippen LogP) is 1.44. The van der Waals surface area contributed by atoms with Crippen LogP contribution in [0.5, 0.6) is 0 Å². The molecule has 21 heavy (non-hydrogen) atoms. The molecule has 0 radical (unpaired) electrons. The lowest BCUT2D eigenvalue weighted by Crippen LogP contribution is -2.44. The molecule has 3 rings (SSSR count). The zero-order valence-electron chi connectivity index (χ0n) is 11.0. The first kappa shape index (κ1) is 13.8. The number of halogens is 1. The number of anilines is 1. The van der Waals surface area contributed by atoms with Crippen molar-refractivity contribution in [3.63, 3.8) is 0 Å². The van der Waals surface area contributed by atoms with E-state index >= 15 is 0 Å². The molecule has 0 aliphatic carbocycles. The fourth-order valence-electron chi connectivity index (χ4n) is 2.20. The number of benzene rings is 1. The Hall–Kier alpha value is -2.19. The van der Waals surface area contributed by atoms with E-state index < -0.39 is 4.92 Å². The third-order valence-electron chi connectivity index (χ3n) is 3.24. The topological polar surface area (TPSA) is 100.0 Å². The van der Waals surface area contributed by atoms with Crippen LogP contribution < -0.4 is 10.2 Å². The van der Waals surface area contributed by atoms with Crippen molar-refractivity contribution >= 4 is 23.2 Å². The summed E-state index contributed by atoms with van der Waals surface area (Å²) >= 11 is 5.91. The first-order valence-electron chi connectivity index (χ1n) is 6.47. The van der Waals surface area contributed by atoms with Crippen molar-refractivity contribution in [1.82, 2.24) is 20.5 Å². The van der Waals surface area contributed by atoms with Crippen LogP contribution >= 0.6 is 11.6 Å². The number of nitro groups is 1. The van der Waals surface area contributed by atoms with Gasteiger partial charge < -0.3 is 10.2 Å². The summed E-state index contributed by atoms with van der Waals surface area (Å²) < 4.78 is 0. The summed E-state index contributed by atoms with van der Waals surface area (Å²) in [7, 11) is 0. The first-order chi connectivity index (χ1) is 10.1. The molecule has 0 bridgehead atoms. The van der Waals surface area contributed by atoms with Crippen molar-refractivity contribution in [2.24, 2.45) is 0 Å². The van der Waals surface area contributed by atoms with Crippen molar-refractivity contribution in [2.45, 2.75) is 0 Å². The minimum absolute atomic E-state index is 0.0716. The Morgan fingerprint density at radius 2 is 2.05 bits per heavy atom.